The van der Waals surface area contributed by atoms with E-state index in [-0.39, 0.29) is 18.1 Å². The molecule has 2 fully saturated rings. The van der Waals surface area contributed by atoms with E-state index in [1.165, 1.54) is 12.8 Å². The summed E-state index contributed by atoms with van der Waals surface area (Å²) in [5.74, 6) is 0.556. The Labute approximate surface area is 85.1 Å². The van der Waals surface area contributed by atoms with E-state index in [9.17, 15) is 9.90 Å². The largest absolute Gasteiger partial charge is 0.391 e. The van der Waals surface area contributed by atoms with Gasteiger partial charge in [0.25, 0.3) is 0 Å². The first-order chi connectivity index (χ1) is 6.70. The zero-order valence-electron chi connectivity index (χ0n) is 8.78. The van der Waals surface area contributed by atoms with E-state index in [0.29, 0.717) is 5.92 Å². The minimum absolute atomic E-state index is 0.110. The molecule has 1 saturated heterocycles. The van der Waals surface area contributed by atoms with Crippen LogP contribution in [0.3, 0.4) is 0 Å². The fourth-order valence-electron chi connectivity index (χ4n) is 2.77. The zero-order chi connectivity index (χ0) is 10.1. The van der Waals surface area contributed by atoms with E-state index in [2.05, 4.69) is 0 Å². The topological polar surface area (TPSA) is 40.5 Å². The molecule has 0 aromatic rings. The van der Waals surface area contributed by atoms with E-state index in [1.54, 1.807) is 6.92 Å². The Balaban J connectivity index is 1.91. The first-order valence-corrected chi connectivity index (χ1v) is 5.65. The van der Waals surface area contributed by atoms with Gasteiger partial charge in [0.2, 0.25) is 5.91 Å². The lowest BCUT2D eigenvalue weighted by Crippen LogP contribution is -2.57. The molecule has 0 aromatic carbocycles. The highest BCUT2D eigenvalue weighted by atomic mass is 16.3. The van der Waals surface area contributed by atoms with Gasteiger partial charge in [0.05, 0.1) is 12.1 Å². The summed E-state index contributed by atoms with van der Waals surface area (Å²) in [6.07, 6.45) is 5.49. The predicted molar refractivity (Wildman–Crippen MR) is 53.8 cm³/mol. The molecule has 1 aliphatic carbocycles. The second-order valence-electron chi connectivity index (χ2n) is 4.60. The quantitative estimate of drug-likeness (QED) is 0.721. The molecule has 80 valence electrons. The second-order valence-corrected chi connectivity index (χ2v) is 4.60. The minimum Gasteiger partial charge on any atom is -0.391 e. The molecule has 2 atom stereocenters. The molecule has 2 rings (SSSR count). The summed E-state index contributed by atoms with van der Waals surface area (Å²) in [6, 6.07) is 0.121. The number of carbonyl (C=O) groups excluding carboxylic acids is 1. The lowest BCUT2D eigenvalue weighted by atomic mass is 9.87. The summed E-state index contributed by atoms with van der Waals surface area (Å²) < 4.78 is 0. The van der Waals surface area contributed by atoms with E-state index in [1.807, 2.05) is 4.90 Å². The van der Waals surface area contributed by atoms with E-state index in [4.69, 9.17) is 0 Å². The average molecular weight is 197 g/mol. The molecule has 3 heteroatoms. The third-order valence-electron chi connectivity index (χ3n) is 3.75. The van der Waals surface area contributed by atoms with Gasteiger partial charge in [0, 0.05) is 13.5 Å². The minimum atomic E-state index is -0.268. The van der Waals surface area contributed by atoms with Crippen molar-refractivity contribution in [2.45, 2.75) is 51.2 Å². The van der Waals surface area contributed by atoms with Crippen molar-refractivity contribution in [2.75, 3.05) is 6.54 Å². The molecule has 14 heavy (non-hydrogen) atoms. The number of likely N-dealkylation sites (tertiary alicyclic amines) is 1. The Morgan fingerprint density at radius 2 is 2.00 bits per heavy atom. The van der Waals surface area contributed by atoms with Gasteiger partial charge in [-0.25, -0.2) is 0 Å². The van der Waals surface area contributed by atoms with Crippen molar-refractivity contribution in [1.82, 2.24) is 4.90 Å². The number of hydrogen-bond acceptors (Lipinski definition) is 2. The van der Waals surface area contributed by atoms with Crippen LogP contribution in [0.2, 0.25) is 0 Å². The number of carbonyl (C=O) groups is 1. The molecule has 1 heterocycles. The molecule has 1 N–H and O–H groups in total. The molecule has 0 spiro atoms. The van der Waals surface area contributed by atoms with Gasteiger partial charge in [-0.15, -0.1) is 0 Å². The first kappa shape index (κ1) is 9.97. The van der Waals surface area contributed by atoms with Crippen molar-refractivity contribution in [1.29, 1.82) is 0 Å². The molecule has 1 saturated carbocycles. The van der Waals surface area contributed by atoms with Gasteiger partial charge in [-0.1, -0.05) is 12.8 Å². The van der Waals surface area contributed by atoms with Crippen molar-refractivity contribution in [3.63, 3.8) is 0 Å². The molecule has 3 nitrogen and oxygen atoms in total. The third-order valence-corrected chi connectivity index (χ3v) is 3.75. The maximum absolute atomic E-state index is 11.2. The number of rotatable bonds is 2. The van der Waals surface area contributed by atoms with Crippen molar-refractivity contribution < 1.29 is 9.90 Å². The normalized spacial score (nSPS) is 30.1. The Morgan fingerprint density at radius 1 is 1.36 bits per heavy atom. The highest BCUT2D eigenvalue weighted by molar-refractivity contribution is 5.74. The van der Waals surface area contributed by atoms with Gasteiger partial charge in [-0.3, -0.25) is 4.79 Å². The maximum atomic E-state index is 11.2. The van der Waals surface area contributed by atoms with Gasteiger partial charge in [-0.05, 0) is 25.2 Å². The van der Waals surface area contributed by atoms with Crippen LogP contribution in [-0.2, 0) is 4.79 Å². The van der Waals surface area contributed by atoms with Crippen LogP contribution in [0.25, 0.3) is 0 Å². The Morgan fingerprint density at radius 3 is 2.43 bits per heavy atom. The summed E-state index contributed by atoms with van der Waals surface area (Å²) >= 11 is 0. The molecular weight excluding hydrogens is 178 g/mol. The van der Waals surface area contributed by atoms with Crippen LogP contribution in [0, 0.1) is 5.92 Å². The molecule has 0 aromatic heterocycles. The van der Waals surface area contributed by atoms with Crippen LogP contribution in [0.4, 0.5) is 0 Å². The summed E-state index contributed by atoms with van der Waals surface area (Å²) in [6.45, 7) is 2.43. The lowest BCUT2D eigenvalue weighted by Gasteiger charge is -2.44. The first-order valence-electron chi connectivity index (χ1n) is 5.65. The molecule has 2 aliphatic rings. The van der Waals surface area contributed by atoms with Crippen LogP contribution in [0.5, 0.6) is 0 Å². The van der Waals surface area contributed by atoms with Crippen LogP contribution < -0.4 is 0 Å². The van der Waals surface area contributed by atoms with E-state index >= 15 is 0 Å². The van der Waals surface area contributed by atoms with E-state index in [0.717, 1.165) is 25.8 Å². The summed E-state index contributed by atoms with van der Waals surface area (Å²) in [5.41, 5.74) is 0. The van der Waals surface area contributed by atoms with Crippen LogP contribution in [0.1, 0.15) is 39.0 Å². The summed E-state index contributed by atoms with van der Waals surface area (Å²) in [4.78, 5) is 13.0. The monoisotopic (exact) mass is 197 g/mol. The summed E-state index contributed by atoms with van der Waals surface area (Å²) in [7, 11) is 0. The Bertz CT molecular complexity index is 223. The highest BCUT2D eigenvalue weighted by Gasteiger charge is 2.39. The van der Waals surface area contributed by atoms with Crippen molar-refractivity contribution >= 4 is 5.91 Å². The van der Waals surface area contributed by atoms with Crippen molar-refractivity contribution in [3.8, 4) is 0 Å². The average Bonchev–Trinajstić information content (AvgIpc) is 2.51. The van der Waals surface area contributed by atoms with Gasteiger partial charge in [0.15, 0.2) is 0 Å². The predicted octanol–water partition coefficient (Wildman–Crippen LogP) is 1.16. The van der Waals surface area contributed by atoms with Crippen LogP contribution in [0.15, 0.2) is 0 Å². The van der Waals surface area contributed by atoms with Gasteiger partial charge in [0.1, 0.15) is 0 Å². The number of amides is 1. The Kier molecular flexibility index (Phi) is 2.77. The fourth-order valence-corrected chi connectivity index (χ4v) is 2.77. The van der Waals surface area contributed by atoms with Crippen LogP contribution in [-0.4, -0.2) is 34.6 Å². The Hall–Kier alpha value is -0.570. The smallest absolute Gasteiger partial charge is 0.219 e. The number of nitrogens with zero attached hydrogens (tertiary/aromatic N) is 1. The zero-order valence-corrected chi connectivity index (χ0v) is 8.78. The standard InChI is InChI=1S/C11H19NO2/c1-8(13)12-7-6-10(12)11(14)9-4-2-3-5-9/h9-11,14H,2-7H2,1H3. The molecule has 0 bridgehead atoms. The van der Waals surface area contributed by atoms with Gasteiger partial charge >= 0.3 is 0 Å². The van der Waals surface area contributed by atoms with Crippen molar-refractivity contribution in [2.24, 2.45) is 5.92 Å². The molecule has 0 radical (unpaired) electrons. The van der Waals surface area contributed by atoms with Gasteiger partial charge < -0.3 is 10.0 Å². The molecular formula is C11H19NO2. The second kappa shape index (κ2) is 3.89. The highest BCUT2D eigenvalue weighted by Crippen LogP contribution is 2.33. The molecule has 2 unspecified atom stereocenters. The summed E-state index contributed by atoms with van der Waals surface area (Å²) in [5, 5.41) is 10.1. The number of aliphatic hydroxyl groups excluding tert-OH is 1. The number of hydrogen-bond donors (Lipinski definition) is 1. The van der Waals surface area contributed by atoms with Gasteiger partial charge in [-0.2, -0.15) is 0 Å². The molecule has 1 aliphatic heterocycles. The van der Waals surface area contributed by atoms with E-state index < -0.39 is 0 Å². The van der Waals surface area contributed by atoms with Crippen LogP contribution >= 0.6 is 0 Å². The maximum Gasteiger partial charge on any atom is 0.219 e. The number of aliphatic hydroxyl groups is 1. The fraction of sp³-hybridized carbons (Fsp3) is 0.909. The third kappa shape index (κ3) is 1.65. The molecule has 1 amide bonds. The van der Waals surface area contributed by atoms with Crippen molar-refractivity contribution in [3.05, 3.63) is 0 Å². The SMILES string of the molecule is CC(=O)N1CCC1C(O)C1CCCC1. The lowest BCUT2D eigenvalue weighted by molar-refractivity contribution is -0.143.